The van der Waals surface area contributed by atoms with Crippen molar-refractivity contribution in [3.05, 3.63) is 24.3 Å². The van der Waals surface area contributed by atoms with E-state index in [9.17, 15) is 13.2 Å². The second kappa shape index (κ2) is 6.74. The Morgan fingerprint density at radius 1 is 1.41 bits per heavy atom. The lowest BCUT2D eigenvalue weighted by atomic mass is 10.2. The van der Waals surface area contributed by atoms with Gasteiger partial charge in [0.05, 0.1) is 23.6 Å². The molecule has 1 aliphatic rings. The largest absolute Gasteiger partial charge is 0.376 e. The van der Waals surface area contributed by atoms with E-state index in [4.69, 9.17) is 9.88 Å². The Bertz CT molecular complexity index is 630. The summed E-state index contributed by atoms with van der Waals surface area (Å²) in [7, 11) is -3.72. The number of rotatable bonds is 4. The van der Waals surface area contributed by atoms with E-state index in [1.54, 1.807) is 0 Å². The van der Waals surface area contributed by atoms with E-state index in [0.717, 1.165) is 0 Å². The zero-order valence-electron chi connectivity index (χ0n) is 12.7. The first-order valence-electron chi connectivity index (χ1n) is 7.07. The van der Waals surface area contributed by atoms with Crippen LogP contribution in [0.3, 0.4) is 0 Å². The van der Waals surface area contributed by atoms with E-state index in [2.05, 4.69) is 10.2 Å². The number of nitrogens with two attached hydrogens (primary N) is 1. The number of nitrogens with zero attached hydrogens (tertiary/aromatic N) is 1. The topological polar surface area (TPSA) is 102 Å². The maximum atomic E-state index is 12.3. The molecule has 8 heteroatoms. The monoisotopic (exact) mass is 327 g/mol. The fourth-order valence-corrected chi connectivity index (χ4v) is 2.85. The van der Waals surface area contributed by atoms with Crippen LogP contribution in [0.2, 0.25) is 0 Å². The van der Waals surface area contributed by atoms with Crippen molar-refractivity contribution in [1.82, 2.24) is 4.90 Å². The number of nitrogens with one attached hydrogen (secondary N) is 1. The van der Waals surface area contributed by atoms with Crippen LogP contribution in [0.1, 0.15) is 13.8 Å². The Hall–Kier alpha value is -1.48. The van der Waals surface area contributed by atoms with Crippen molar-refractivity contribution in [3.8, 4) is 0 Å². The SMILES string of the molecule is C[C@H](C(=O)Nc1ccc(S(N)(=O)=O)cc1)N1CCO[C@@H](C)C1. The molecule has 1 heterocycles. The molecule has 0 bridgehead atoms. The number of benzene rings is 1. The molecule has 7 nitrogen and oxygen atoms in total. The summed E-state index contributed by atoms with van der Waals surface area (Å²) >= 11 is 0. The van der Waals surface area contributed by atoms with E-state index in [0.29, 0.717) is 25.4 Å². The van der Waals surface area contributed by atoms with Crippen LogP contribution >= 0.6 is 0 Å². The lowest BCUT2D eigenvalue weighted by molar-refractivity contribution is -0.123. The maximum absolute atomic E-state index is 12.3. The maximum Gasteiger partial charge on any atom is 0.241 e. The minimum absolute atomic E-state index is 0.0144. The van der Waals surface area contributed by atoms with Gasteiger partial charge in [-0.05, 0) is 38.1 Å². The number of morpholine rings is 1. The Kier molecular flexibility index (Phi) is 5.17. The molecule has 0 aromatic heterocycles. The molecule has 0 spiro atoms. The highest BCUT2D eigenvalue weighted by molar-refractivity contribution is 7.89. The van der Waals surface area contributed by atoms with Gasteiger partial charge in [-0.15, -0.1) is 0 Å². The Morgan fingerprint density at radius 2 is 2.05 bits per heavy atom. The lowest BCUT2D eigenvalue weighted by Crippen LogP contribution is -2.50. The first-order chi connectivity index (χ1) is 10.3. The highest BCUT2D eigenvalue weighted by Gasteiger charge is 2.26. The van der Waals surface area contributed by atoms with Gasteiger partial charge in [-0.25, -0.2) is 13.6 Å². The van der Waals surface area contributed by atoms with Crippen molar-refractivity contribution < 1.29 is 17.9 Å². The summed E-state index contributed by atoms with van der Waals surface area (Å²) in [6, 6.07) is 5.49. The number of primary sulfonamides is 1. The second-order valence-corrected chi connectivity index (χ2v) is 6.97. The molecule has 0 aliphatic carbocycles. The zero-order chi connectivity index (χ0) is 16.3. The van der Waals surface area contributed by atoms with Gasteiger partial charge in [0.1, 0.15) is 0 Å². The van der Waals surface area contributed by atoms with Crippen molar-refractivity contribution in [1.29, 1.82) is 0 Å². The number of amides is 1. The van der Waals surface area contributed by atoms with Crippen LogP contribution in [0.5, 0.6) is 0 Å². The summed E-state index contributed by atoms with van der Waals surface area (Å²) in [5, 5.41) is 7.81. The summed E-state index contributed by atoms with van der Waals surface area (Å²) in [6.07, 6.45) is 0.109. The van der Waals surface area contributed by atoms with Gasteiger partial charge in [-0.2, -0.15) is 0 Å². The predicted molar refractivity (Wildman–Crippen MR) is 82.9 cm³/mol. The smallest absolute Gasteiger partial charge is 0.241 e. The van der Waals surface area contributed by atoms with E-state index in [1.165, 1.54) is 24.3 Å². The first-order valence-corrected chi connectivity index (χ1v) is 8.61. The molecule has 1 aliphatic heterocycles. The third-order valence-corrected chi connectivity index (χ3v) is 4.58. The van der Waals surface area contributed by atoms with Crippen LogP contribution in [0.4, 0.5) is 5.69 Å². The van der Waals surface area contributed by atoms with Gasteiger partial charge in [-0.1, -0.05) is 0 Å². The van der Waals surface area contributed by atoms with Gasteiger partial charge in [0.25, 0.3) is 0 Å². The highest BCUT2D eigenvalue weighted by atomic mass is 32.2. The normalized spacial score (nSPS) is 21.3. The summed E-state index contributed by atoms with van der Waals surface area (Å²) in [6.45, 7) is 5.85. The van der Waals surface area contributed by atoms with Gasteiger partial charge in [-0.3, -0.25) is 9.69 Å². The molecule has 0 radical (unpaired) electrons. The highest BCUT2D eigenvalue weighted by Crippen LogP contribution is 2.15. The van der Waals surface area contributed by atoms with Crippen LogP contribution in [0.25, 0.3) is 0 Å². The molecular weight excluding hydrogens is 306 g/mol. The molecule has 22 heavy (non-hydrogen) atoms. The predicted octanol–water partition coefficient (Wildman–Crippen LogP) is 0.382. The molecule has 0 unspecified atom stereocenters. The molecule has 2 atom stereocenters. The quantitative estimate of drug-likeness (QED) is 0.832. The van der Waals surface area contributed by atoms with Gasteiger partial charge in [0.15, 0.2) is 0 Å². The number of hydrogen-bond acceptors (Lipinski definition) is 5. The summed E-state index contributed by atoms with van der Waals surface area (Å²) < 4.78 is 27.8. The van der Waals surface area contributed by atoms with Crippen LogP contribution in [0, 0.1) is 0 Å². The van der Waals surface area contributed by atoms with Gasteiger partial charge in [0.2, 0.25) is 15.9 Å². The minimum Gasteiger partial charge on any atom is -0.376 e. The molecule has 1 saturated heterocycles. The van der Waals surface area contributed by atoms with Gasteiger partial charge in [0, 0.05) is 18.8 Å². The minimum atomic E-state index is -3.72. The van der Waals surface area contributed by atoms with E-state index in [-0.39, 0.29) is 22.9 Å². The third kappa shape index (κ3) is 4.26. The average Bonchev–Trinajstić information content (AvgIpc) is 2.46. The summed E-state index contributed by atoms with van der Waals surface area (Å²) in [4.78, 5) is 14.3. The lowest BCUT2D eigenvalue weighted by Gasteiger charge is -2.34. The Labute approximate surface area is 130 Å². The van der Waals surface area contributed by atoms with Crippen LogP contribution in [-0.4, -0.2) is 51.1 Å². The summed E-state index contributed by atoms with van der Waals surface area (Å²) in [5.41, 5.74) is 0.533. The molecule has 122 valence electrons. The second-order valence-electron chi connectivity index (χ2n) is 5.41. The molecule has 1 fully saturated rings. The van der Waals surface area contributed by atoms with Gasteiger partial charge >= 0.3 is 0 Å². The van der Waals surface area contributed by atoms with Gasteiger partial charge < -0.3 is 10.1 Å². The van der Waals surface area contributed by atoms with Crippen molar-refractivity contribution in [2.45, 2.75) is 30.9 Å². The number of sulfonamides is 1. The standard InChI is InChI=1S/C14H21N3O4S/c1-10-9-17(7-8-21-10)11(2)14(18)16-12-3-5-13(6-4-12)22(15,19)20/h3-6,10-11H,7-9H2,1-2H3,(H,16,18)(H2,15,19,20)/t10-,11+/m0/s1. The molecule has 0 saturated carbocycles. The average molecular weight is 327 g/mol. The number of ether oxygens (including phenoxy) is 1. The third-order valence-electron chi connectivity index (χ3n) is 3.65. The zero-order valence-corrected chi connectivity index (χ0v) is 13.5. The van der Waals surface area contributed by atoms with E-state index in [1.807, 2.05) is 13.8 Å². The number of anilines is 1. The number of carbonyl (C=O) groups excluding carboxylic acids is 1. The molecule has 2 rings (SSSR count). The molecule has 1 aromatic rings. The van der Waals surface area contributed by atoms with Crippen LogP contribution < -0.4 is 10.5 Å². The van der Waals surface area contributed by atoms with E-state index < -0.39 is 10.0 Å². The van der Waals surface area contributed by atoms with Crippen LogP contribution in [0.15, 0.2) is 29.2 Å². The van der Waals surface area contributed by atoms with Crippen molar-refractivity contribution in [2.24, 2.45) is 5.14 Å². The van der Waals surface area contributed by atoms with Crippen molar-refractivity contribution in [2.75, 3.05) is 25.0 Å². The fraction of sp³-hybridized carbons (Fsp3) is 0.500. The number of carbonyl (C=O) groups is 1. The van der Waals surface area contributed by atoms with Crippen molar-refractivity contribution in [3.63, 3.8) is 0 Å². The van der Waals surface area contributed by atoms with Crippen LogP contribution in [-0.2, 0) is 19.6 Å². The van der Waals surface area contributed by atoms with Crippen molar-refractivity contribution >= 4 is 21.6 Å². The number of hydrogen-bond donors (Lipinski definition) is 2. The first kappa shape index (κ1) is 16.9. The Morgan fingerprint density at radius 3 is 2.59 bits per heavy atom. The molecule has 1 amide bonds. The van der Waals surface area contributed by atoms with E-state index >= 15 is 0 Å². The molecule has 1 aromatic carbocycles. The molecule has 3 N–H and O–H groups in total. The Balaban J connectivity index is 1.99. The summed E-state index contributed by atoms with van der Waals surface area (Å²) in [5.74, 6) is -0.141. The molecular formula is C14H21N3O4S. The fourth-order valence-electron chi connectivity index (χ4n) is 2.34.